The van der Waals surface area contributed by atoms with Crippen LogP contribution in [0.5, 0.6) is 5.75 Å². The standard InChI is InChI=1S/C19H26NO/c1-5-20(6-2,19-10-8-7-9-16(19)3)15-17-11-13-18(21-4)14-12-17/h7-14H,5-6,15H2,1-4H3/q+1. The molecule has 112 valence electrons. The lowest BCUT2D eigenvalue weighted by molar-refractivity contribution is 0.290. The van der Waals surface area contributed by atoms with Gasteiger partial charge in [-0.25, -0.2) is 0 Å². The molecular formula is C19H26NO+. The van der Waals surface area contributed by atoms with Crippen LogP contribution in [-0.4, -0.2) is 20.2 Å². The van der Waals surface area contributed by atoms with Crippen LogP contribution in [0.15, 0.2) is 48.5 Å². The third kappa shape index (κ3) is 3.27. The van der Waals surface area contributed by atoms with Crippen LogP contribution in [0.1, 0.15) is 25.0 Å². The number of aryl methyl sites for hydroxylation is 1. The molecule has 0 spiro atoms. The van der Waals surface area contributed by atoms with Crippen LogP contribution < -0.4 is 9.22 Å². The summed E-state index contributed by atoms with van der Waals surface area (Å²) in [5, 5.41) is 0. The van der Waals surface area contributed by atoms with E-state index < -0.39 is 0 Å². The van der Waals surface area contributed by atoms with Gasteiger partial charge >= 0.3 is 0 Å². The molecule has 2 heteroatoms. The monoisotopic (exact) mass is 284 g/mol. The third-order valence-corrected chi connectivity index (χ3v) is 4.48. The van der Waals surface area contributed by atoms with Crippen molar-refractivity contribution in [3.8, 4) is 5.75 Å². The number of ether oxygens (including phenoxy) is 1. The molecule has 0 bridgehead atoms. The van der Waals surface area contributed by atoms with Gasteiger partial charge in [-0.05, 0) is 51.1 Å². The summed E-state index contributed by atoms with van der Waals surface area (Å²) in [6.45, 7) is 9.96. The molecule has 2 aromatic carbocycles. The van der Waals surface area contributed by atoms with E-state index >= 15 is 0 Å². The molecule has 0 atom stereocenters. The molecule has 0 N–H and O–H groups in total. The Morgan fingerprint density at radius 1 is 0.905 bits per heavy atom. The minimum absolute atomic E-state index is 0.917. The Labute approximate surface area is 128 Å². The first kappa shape index (κ1) is 15.6. The highest BCUT2D eigenvalue weighted by molar-refractivity contribution is 5.50. The van der Waals surface area contributed by atoms with E-state index in [0.717, 1.165) is 29.9 Å². The van der Waals surface area contributed by atoms with Crippen molar-refractivity contribution in [2.75, 3.05) is 20.2 Å². The average molecular weight is 284 g/mol. The third-order valence-electron chi connectivity index (χ3n) is 4.48. The van der Waals surface area contributed by atoms with Crippen LogP contribution in [0.4, 0.5) is 5.69 Å². The van der Waals surface area contributed by atoms with Gasteiger partial charge in [-0.2, -0.15) is 0 Å². The summed E-state index contributed by atoms with van der Waals surface area (Å²) < 4.78 is 6.24. The highest BCUT2D eigenvalue weighted by Crippen LogP contribution is 2.29. The van der Waals surface area contributed by atoms with Crippen molar-refractivity contribution >= 4 is 5.69 Å². The first-order valence-electron chi connectivity index (χ1n) is 7.70. The van der Waals surface area contributed by atoms with Gasteiger partial charge in [-0.15, -0.1) is 0 Å². The number of methoxy groups -OCH3 is 1. The zero-order valence-corrected chi connectivity index (χ0v) is 13.6. The SMILES string of the molecule is CC[N+](CC)(Cc1ccc(OC)cc1)c1ccccc1C. The minimum Gasteiger partial charge on any atom is -0.497 e. The van der Waals surface area contributed by atoms with E-state index in [-0.39, 0.29) is 0 Å². The Morgan fingerprint density at radius 2 is 1.52 bits per heavy atom. The number of hydrogen-bond acceptors (Lipinski definition) is 1. The van der Waals surface area contributed by atoms with Gasteiger partial charge in [0.25, 0.3) is 0 Å². The Bertz CT molecular complexity index is 570. The van der Waals surface area contributed by atoms with E-state index in [1.807, 2.05) is 12.1 Å². The maximum Gasteiger partial charge on any atom is 0.136 e. The molecule has 0 saturated heterocycles. The fourth-order valence-electron chi connectivity index (χ4n) is 3.05. The van der Waals surface area contributed by atoms with Gasteiger partial charge in [0.1, 0.15) is 18.0 Å². The number of quaternary nitrogens is 1. The average Bonchev–Trinajstić information content (AvgIpc) is 2.54. The quantitative estimate of drug-likeness (QED) is 0.707. The summed E-state index contributed by atoms with van der Waals surface area (Å²) in [5.41, 5.74) is 4.15. The molecule has 0 aliphatic heterocycles. The molecule has 0 aliphatic rings. The molecular weight excluding hydrogens is 258 g/mol. The first-order valence-corrected chi connectivity index (χ1v) is 7.70. The topological polar surface area (TPSA) is 9.23 Å². The predicted octanol–water partition coefficient (Wildman–Crippen LogP) is 4.55. The number of benzene rings is 2. The van der Waals surface area contributed by atoms with Crippen LogP contribution in [0.3, 0.4) is 0 Å². The normalized spacial score (nSPS) is 11.4. The van der Waals surface area contributed by atoms with Gasteiger partial charge in [0.15, 0.2) is 0 Å². The summed E-state index contributed by atoms with van der Waals surface area (Å²) in [6, 6.07) is 17.2. The number of hydrogen-bond donors (Lipinski definition) is 0. The lowest BCUT2D eigenvalue weighted by atomic mass is 10.1. The fourth-order valence-corrected chi connectivity index (χ4v) is 3.05. The smallest absolute Gasteiger partial charge is 0.136 e. The lowest BCUT2D eigenvalue weighted by Crippen LogP contribution is -2.48. The molecule has 0 aliphatic carbocycles. The minimum atomic E-state index is 0.917. The molecule has 0 radical (unpaired) electrons. The highest BCUT2D eigenvalue weighted by Gasteiger charge is 2.28. The van der Waals surface area contributed by atoms with Crippen molar-refractivity contribution in [3.63, 3.8) is 0 Å². The maximum absolute atomic E-state index is 5.25. The van der Waals surface area contributed by atoms with E-state index in [2.05, 4.69) is 57.2 Å². The van der Waals surface area contributed by atoms with Crippen LogP contribution in [0, 0.1) is 6.92 Å². The number of rotatable bonds is 6. The van der Waals surface area contributed by atoms with E-state index in [0.29, 0.717) is 0 Å². The van der Waals surface area contributed by atoms with Crippen LogP contribution in [0.2, 0.25) is 0 Å². The molecule has 21 heavy (non-hydrogen) atoms. The molecule has 2 nitrogen and oxygen atoms in total. The lowest BCUT2D eigenvalue weighted by Gasteiger charge is -2.37. The zero-order chi connectivity index (χ0) is 15.3. The Hall–Kier alpha value is -1.80. The molecule has 0 aromatic heterocycles. The van der Waals surface area contributed by atoms with Crippen LogP contribution in [-0.2, 0) is 6.54 Å². The molecule has 2 rings (SSSR count). The highest BCUT2D eigenvalue weighted by atomic mass is 16.5. The van der Waals surface area contributed by atoms with Gasteiger partial charge in [0.2, 0.25) is 0 Å². The first-order chi connectivity index (χ1) is 10.1. The number of para-hydroxylation sites is 1. The summed E-state index contributed by atoms with van der Waals surface area (Å²) in [4.78, 5) is 0. The summed E-state index contributed by atoms with van der Waals surface area (Å²) >= 11 is 0. The summed E-state index contributed by atoms with van der Waals surface area (Å²) in [5.74, 6) is 0.917. The zero-order valence-electron chi connectivity index (χ0n) is 13.6. The van der Waals surface area contributed by atoms with E-state index in [9.17, 15) is 0 Å². The molecule has 0 amide bonds. The molecule has 2 aromatic rings. The molecule has 0 fully saturated rings. The summed E-state index contributed by atoms with van der Waals surface area (Å²) in [7, 11) is 1.71. The van der Waals surface area contributed by atoms with Gasteiger partial charge in [0, 0.05) is 11.1 Å². The fraction of sp³-hybridized carbons (Fsp3) is 0.368. The second-order valence-electron chi connectivity index (χ2n) is 5.57. The van der Waals surface area contributed by atoms with Crippen molar-refractivity contribution in [3.05, 3.63) is 59.7 Å². The van der Waals surface area contributed by atoms with Gasteiger partial charge in [0.05, 0.1) is 20.2 Å². The van der Waals surface area contributed by atoms with Crippen molar-refractivity contribution in [1.29, 1.82) is 0 Å². The number of nitrogens with zero attached hydrogens (tertiary/aromatic N) is 1. The van der Waals surface area contributed by atoms with Crippen molar-refractivity contribution in [2.24, 2.45) is 0 Å². The maximum atomic E-state index is 5.25. The Kier molecular flexibility index (Phi) is 5.03. The second kappa shape index (κ2) is 6.77. The van der Waals surface area contributed by atoms with E-state index in [4.69, 9.17) is 4.74 Å². The predicted molar refractivity (Wildman–Crippen MR) is 90.8 cm³/mol. The molecule has 0 heterocycles. The van der Waals surface area contributed by atoms with Gasteiger partial charge in [-0.3, -0.25) is 4.48 Å². The van der Waals surface area contributed by atoms with Crippen molar-refractivity contribution in [2.45, 2.75) is 27.3 Å². The van der Waals surface area contributed by atoms with Crippen LogP contribution in [0.25, 0.3) is 0 Å². The van der Waals surface area contributed by atoms with E-state index in [1.165, 1.54) is 16.8 Å². The Balaban J connectivity index is 2.36. The Morgan fingerprint density at radius 3 is 2.05 bits per heavy atom. The van der Waals surface area contributed by atoms with Crippen LogP contribution >= 0.6 is 0 Å². The van der Waals surface area contributed by atoms with Gasteiger partial charge in [-0.1, -0.05) is 18.2 Å². The van der Waals surface area contributed by atoms with Gasteiger partial charge < -0.3 is 4.74 Å². The molecule has 0 unspecified atom stereocenters. The largest absolute Gasteiger partial charge is 0.497 e. The summed E-state index contributed by atoms with van der Waals surface area (Å²) in [6.07, 6.45) is 0. The molecule has 0 saturated carbocycles. The second-order valence-corrected chi connectivity index (χ2v) is 5.57. The van der Waals surface area contributed by atoms with Crippen molar-refractivity contribution < 1.29 is 4.74 Å². The van der Waals surface area contributed by atoms with E-state index in [1.54, 1.807) is 7.11 Å². The van der Waals surface area contributed by atoms with Crippen molar-refractivity contribution in [1.82, 2.24) is 4.48 Å².